The third-order valence-corrected chi connectivity index (χ3v) is 3.87. The van der Waals surface area contributed by atoms with Crippen LogP contribution in [0.15, 0.2) is 16.6 Å². The van der Waals surface area contributed by atoms with Crippen molar-refractivity contribution in [3.63, 3.8) is 0 Å². The fraction of sp³-hybridized carbons (Fsp3) is 0.538. The molecule has 118 valence electrons. The maximum absolute atomic E-state index is 13.5. The molecule has 21 heavy (non-hydrogen) atoms. The first kappa shape index (κ1) is 16.4. The Bertz CT molecular complexity index is 505. The minimum Gasteiger partial charge on any atom is -0.504 e. The summed E-state index contributed by atoms with van der Waals surface area (Å²) in [4.78, 5) is 1.32. The van der Waals surface area contributed by atoms with E-state index in [0.717, 1.165) is 0 Å². The molecule has 2 N–H and O–H groups in total. The minimum absolute atomic E-state index is 0.0174. The minimum atomic E-state index is -4.49. The van der Waals surface area contributed by atoms with E-state index < -0.39 is 18.0 Å². The Kier molecular flexibility index (Phi) is 5.00. The summed E-state index contributed by atoms with van der Waals surface area (Å²) in [6.07, 6.45) is -4.49. The molecule has 0 radical (unpaired) electrons. The van der Waals surface area contributed by atoms with E-state index in [-0.39, 0.29) is 24.4 Å². The van der Waals surface area contributed by atoms with Gasteiger partial charge in [-0.3, -0.25) is 4.90 Å². The highest BCUT2D eigenvalue weighted by molar-refractivity contribution is 9.10. The highest BCUT2D eigenvalue weighted by Gasteiger charge is 2.46. The van der Waals surface area contributed by atoms with Crippen molar-refractivity contribution in [1.29, 1.82) is 0 Å². The molecule has 1 aromatic carbocycles. The summed E-state index contributed by atoms with van der Waals surface area (Å²) in [5, 5.41) is 13.1. The van der Waals surface area contributed by atoms with Crippen LogP contribution in [0.2, 0.25) is 0 Å². The van der Waals surface area contributed by atoms with Gasteiger partial charge in [0.1, 0.15) is 6.04 Å². The number of alkyl halides is 3. The summed E-state index contributed by atoms with van der Waals surface area (Å²) in [5.74, 6) is -0.453. The highest BCUT2D eigenvalue weighted by Crippen LogP contribution is 2.45. The molecule has 0 spiro atoms. The van der Waals surface area contributed by atoms with E-state index in [9.17, 15) is 18.3 Å². The van der Waals surface area contributed by atoms with Gasteiger partial charge >= 0.3 is 6.18 Å². The monoisotopic (exact) mass is 368 g/mol. The van der Waals surface area contributed by atoms with Crippen molar-refractivity contribution < 1.29 is 23.0 Å². The van der Waals surface area contributed by atoms with Crippen LogP contribution in [-0.2, 0) is 0 Å². The van der Waals surface area contributed by atoms with Gasteiger partial charge in [0.25, 0.3) is 0 Å². The number of rotatable bonds is 3. The molecule has 2 rings (SSSR count). The van der Waals surface area contributed by atoms with E-state index in [0.29, 0.717) is 17.6 Å². The lowest BCUT2D eigenvalue weighted by molar-refractivity contribution is -0.188. The molecule has 1 saturated heterocycles. The molecule has 8 heteroatoms. The molecule has 0 amide bonds. The molecule has 1 aliphatic heterocycles. The molecular formula is C13H16BrF3N2O2. The van der Waals surface area contributed by atoms with Crippen LogP contribution in [0.3, 0.4) is 0 Å². The Hall–Kier alpha value is -0.990. The van der Waals surface area contributed by atoms with Crippen molar-refractivity contribution in [2.75, 3.05) is 33.3 Å². The fourth-order valence-electron chi connectivity index (χ4n) is 2.48. The number of nitrogens with zero attached hydrogens (tertiary/aromatic N) is 1. The number of aromatic hydroxyl groups is 1. The van der Waals surface area contributed by atoms with E-state index in [1.165, 1.54) is 24.1 Å². The first-order valence-electron chi connectivity index (χ1n) is 6.42. The summed E-state index contributed by atoms with van der Waals surface area (Å²) < 4.78 is 45.9. The zero-order valence-corrected chi connectivity index (χ0v) is 13.0. The van der Waals surface area contributed by atoms with Gasteiger partial charge in [-0.25, -0.2) is 0 Å². The fourth-order valence-corrected chi connectivity index (χ4v) is 2.93. The van der Waals surface area contributed by atoms with Crippen molar-refractivity contribution in [3.05, 3.63) is 22.2 Å². The summed E-state index contributed by atoms with van der Waals surface area (Å²) in [7, 11) is 1.30. The molecule has 0 saturated carbocycles. The van der Waals surface area contributed by atoms with E-state index in [4.69, 9.17) is 4.74 Å². The summed E-state index contributed by atoms with van der Waals surface area (Å²) >= 11 is 3.16. The van der Waals surface area contributed by atoms with Gasteiger partial charge in [0.2, 0.25) is 0 Å². The quantitative estimate of drug-likeness (QED) is 0.860. The Morgan fingerprint density at radius 3 is 2.48 bits per heavy atom. The lowest BCUT2D eigenvalue weighted by Gasteiger charge is -2.36. The number of halogens is 4. The standard InChI is InChI=1S/C13H16BrF3N2O2/c1-21-10-7-8(14)6-9(11(10)20)12(13(15,16)17)19-4-2-18-3-5-19/h6-7,12,18,20H,2-5H2,1H3/t12-/m0/s1. The molecule has 1 fully saturated rings. The normalized spacial score (nSPS) is 18.5. The van der Waals surface area contributed by atoms with Gasteiger partial charge in [-0.15, -0.1) is 0 Å². The molecule has 0 bridgehead atoms. The summed E-state index contributed by atoms with van der Waals surface area (Å²) in [6.45, 7) is 1.49. The van der Waals surface area contributed by atoms with Gasteiger partial charge < -0.3 is 15.2 Å². The van der Waals surface area contributed by atoms with E-state index >= 15 is 0 Å². The predicted octanol–water partition coefficient (Wildman–Crippen LogP) is 2.67. The van der Waals surface area contributed by atoms with Gasteiger partial charge in [0.15, 0.2) is 11.5 Å². The molecule has 0 aromatic heterocycles. The van der Waals surface area contributed by atoms with E-state index in [1.807, 2.05) is 0 Å². The number of piperazine rings is 1. The second-order valence-corrected chi connectivity index (χ2v) is 5.69. The van der Waals surface area contributed by atoms with Gasteiger partial charge in [0, 0.05) is 36.2 Å². The molecule has 1 aromatic rings. The average Bonchev–Trinajstić information content (AvgIpc) is 2.42. The number of phenols is 1. The van der Waals surface area contributed by atoms with Crippen LogP contribution in [0.4, 0.5) is 13.2 Å². The Morgan fingerprint density at radius 1 is 1.33 bits per heavy atom. The Labute approximate surface area is 129 Å². The molecule has 4 nitrogen and oxygen atoms in total. The van der Waals surface area contributed by atoms with Crippen LogP contribution in [0.5, 0.6) is 11.5 Å². The first-order valence-corrected chi connectivity index (χ1v) is 7.21. The van der Waals surface area contributed by atoms with Crippen LogP contribution in [0.25, 0.3) is 0 Å². The first-order chi connectivity index (χ1) is 9.84. The lowest BCUT2D eigenvalue weighted by Crippen LogP contribution is -2.49. The van der Waals surface area contributed by atoms with Gasteiger partial charge in [-0.05, 0) is 12.1 Å². The zero-order chi connectivity index (χ0) is 15.6. The number of hydrogen-bond acceptors (Lipinski definition) is 4. The predicted molar refractivity (Wildman–Crippen MR) is 75.6 cm³/mol. The lowest BCUT2D eigenvalue weighted by atomic mass is 10.0. The third kappa shape index (κ3) is 3.61. The SMILES string of the molecule is COc1cc(Br)cc([C@H](N2CCNCC2)C(F)(F)F)c1O. The third-order valence-electron chi connectivity index (χ3n) is 3.41. The topological polar surface area (TPSA) is 44.7 Å². The van der Waals surface area contributed by atoms with Crippen molar-refractivity contribution in [1.82, 2.24) is 10.2 Å². The Morgan fingerprint density at radius 2 is 1.95 bits per heavy atom. The van der Waals surface area contributed by atoms with Crippen LogP contribution in [-0.4, -0.2) is 49.5 Å². The molecular weight excluding hydrogens is 353 g/mol. The number of methoxy groups -OCH3 is 1. The molecule has 1 aliphatic rings. The molecule has 1 heterocycles. The van der Waals surface area contributed by atoms with E-state index in [2.05, 4.69) is 21.2 Å². The van der Waals surface area contributed by atoms with Crippen molar-refractivity contribution in [2.24, 2.45) is 0 Å². The van der Waals surface area contributed by atoms with Crippen molar-refractivity contribution in [2.45, 2.75) is 12.2 Å². The maximum Gasteiger partial charge on any atom is 0.408 e. The summed E-state index contributed by atoms with van der Waals surface area (Å²) in [6, 6.07) is 0.869. The van der Waals surface area contributed by atoms with Crippen LogP contribution >= 0.6 is 15.9 Å². The van der Waals surface area contributed by atoms with Crippen LogP contribution in [0.1, 0.15) is 11.6 Å². The molecule has 0 aliphatic carbocycles. The second-order valence-electron chi connectivity index (χ2n) is 4.78. The van der Waals surface area contributed by atoms with Gasteiger partial charge in [-0.1, -0.05) is 15.9 Å². The average molecular weight is 369 g/mol. The Balaban J connectivity index is 2.48. The maximum atomic E-state index is 13.5. The summed E-state index contributed by atoms with van der Waals surface area (Å²) in [5.41, 5.74) is -0.198. The van der Waals surface area contributed by atoms with Crippen LogP contribution in [0, 0.1) is 0 Å². The largest absolute Gasteiger partial charge is 0.504 e. The zero-order valence-electron chi connectivity index (χ0n) is 11.4. The smallest absolute Gasteiger partial charge is 0.408 e. The highest BCUT2D eigenvalue weighted by atomic mass is 79.9. The van der Waals surface area contributed by atoms with Crippen LogP contribution < -0.4 is 10.1 Å². The number of phenolic OH excluding ortho intramolecular Hbond substituents is 1. The molecule has 1 atom stereocenters. The number of nitrogens with one attached hydrogen (secondary N) is 1. The van der Waals surface area contributed by atoms with Gasteiger partial charge in [-0.2, -0.15) is 13.2 Å². The van der Waals surface area contributed by atoms with E-state index in [1.54, 1.807) is 0 Å². The van der Waals surface area contributed by atoms with Crippen molar-refractivity contribution in [3.8, 4) is 11.5 Å². The van der Waals surface area contributed by atoms with Crippen molar-refractivity contribution >= 4 is 15.9 Å². The number of hydrogen-bond donors (Lipinski definition) is 2. The molecule has 0 unspecified atom stereocenters. The number of benzene rings is 1. The second kappa shape index (κ2) is 6.41. The van der Waals surface area contributed by atoms with Gasteiger partial charge in [0.05, 0.1) is 7.11 Å². The number of ether oxygens (including phenoxy) is 1.